The number of halogens is 4. The van der Waals surface area contributed by atoms with Crippen LogP contribution in [0.3, 0.4) is 0 Å². The lowest BCUT2D eigenvalue weighted by molar-refractivity contribution is 0.0156. The summed E-state index contributed by atoms with van der Waals surface area (Å²) < 4.78 is 53.0. The summed E-state index contributed by atoms with van der Waals surface area (Å²) in [6.07, 6.45) is 4.19. The van der Waals surface area contributed by atoms with Crippen LogP contribution in [0.5, 0.6) is 6.01 Å². The summed E-state index contributed by atoms with van der Waals surface area (Å²) in [4.78, 5) is 17.4. The number of ether oxygens (including phenoxy) is 1. The molecular formula is C28H29ClF3N7OS. The highest BCUT2D eigenvalue weighted by molar-refractivity contribution is 7.22. The van der Waals surface area contributed by atoms with E-state index in [0.717, 1.165) is 43.5 Å². The molecule has 0 spiro atoms. The standard InChI is InChI=1S/C28H29ClF3N7OS/c29-18-12-17-23(21(30)20(18)16-4-1-5-19-22(16)35-25(33)41-19)36-26(40-15-27-6-2-9-39(27)10-3-7-27)37-24(17)38-11-8-34-13-28(31,32)14-38/h1,4-5,12,34H,2-3,6-11,13-15H2,(H2,33,35). The molecule has 3 fully saturated rings. The number of nitrogens with two attached hydrogens (primary N) is 1. The zero-order valence-electron chi connectivity index (χ0n) is 22.2. The van der Waals surface area contributed by atoms with Crippen LogP contribution in [0.2, 0.25) is 5.02 Å². The van der Waals surface area contributed by atoms with Gasteiger partial charge in [-0.3, -0.25) is 4.90 Å². The van der Waals surface area contributed by atoms with Crippen molar-refractivity contribution in [1.29, 1.82) is 0 Å². The van der Waals surface area contributed by atoms with Crippen LogP contribution in [0.25, 0.3) is 32.2 Å². The number of alkyl halides is 2. The minimum absolute atomic E-state index is 0.0376. The van der Waals surface area contributed by atoms with Crippen LogP contribution in [0.4, 0.5) is 24.1 Å². The van der Waals surface area contributed by atoms with E-state index >= 15 is 4.39 Å². The monoisotopic (exact) mass is 603 g/mol. The van der Waals surface area contributed by atoms with Gasteiger partial charge < -0.3 is 20.7 Å². The first-order valence-corrected chi connectivity index (χ1v) is 15.0. The van der Waals surface area contributed by atoms with E-state index in [-0.39, 0.29) is 45.4 Å². The van der Waals surface area contributed by atoms with E-state index in [2.05, 4.69) is 25.2 Å². The highest BCUT2D eigenvalue weighted by Crippen LogP contribution is 2.43. The molecule has 0 saturated carbocycles. The summed E-state index contributed by atoms with van der Waals surface area (Å²) in [5, 5.41) is 3.46. The molecule has 0 radical (unpaired) electrons. The first-order chi connectivity index (χ1) is 19.7. The van der Waals surface area contributed by atoms with E-state index in [1.807, 2.05) is 6.07 Å². The van der Waals surface area contributed by atoms with E-state index in [0.29, 0.717) is 29.4 Å². The Balaban J connectivity index is 1.38. The summed E-state index contributed by atoms with van der Waals surface area (Å²) in [6, 6.07) is 6.88. The third-order valence-electron chi connectivity index (χ3n) is 8.49. The first-order valence-electron chi connectivity index (χ1n) is 13.8. The fraction of sp³-hybridized carbons (Fsp3) is 0.464. The van der Waals surface area contributed by atoms with Crippen LogP contribution in [0, 0.1) is 5.82 Å². The van der Waals surface area contributed by atoms with Crippen LogP contribution in [-0.4, -0.2) is 77.2 Å². The van der Waals surface area contributed by atoms with Gasteiger partial charge in [0.2, 0.25) is 0 Å². The maximum atomic E-state index is 16.6. The van der Waals surface area contributed by atoms with Gasteiger partial charge in [-0.15, -0.1) is 0 Å². The van der Waals surface area contributed by atoms with Gasteiger partial charge >= 0.3 is 6.01 Å². The number of rotatable bonds is 5. The number of nitrogen functional groups attached to an aromatic ring is 1. The van der Waals surface area contributed by atoms with Crippen LogP contribution < -0.4 is 20.7 Å². The van der Waals surface area contributed by atoms with Gasteiger partial charge in [0.15, 0.2) is 10.9 Å². The number of thiazole rings is 1. The molecular weight excluding hydrogens is 575 g/mol. The molecule has 3 aliphatic heterocycles. The summed E-state index contributed by atoms with van der Waals surface area (Å²) in [7, 11) is 0. The second-order valence-electron chi connectivity index (χ2n) is 11.1. The van der Waals surface area contributed by atoms with E-state index in [1.165, 1.54) is 16.2 Å². The van der Waals surface area contributed by atoms with Crippen LogP contribution in [0.1, 0.15) is 25.7 Å². The lowest BCUT2D eigenvalue weighted by Crippen LogP contribution is -2.43. The van der Waals surface area contributed by atoms with Gasteiger partial charge in [0, 0.05) is 29.6 Å². The maximum absolute atomic E-state index is 16.6. The zero-order valence-corrected chi connectivity index (χ0v) is 23.8. The lowest BCUT2D eigenvalue weighted by Gasteiger charge is -2.31. The first kappa shape index (κ1) is 26.9. The average Bonchev–Trinajstić information content (AvgIpc) is 3.59. The van der Waals surface area contributed by atoms with E-state index in [9.17, 15) is 8.78 Å². The number of fused-ring (bicyclic) bond motifs is 3. The molecule has 13 heteroatoms. The van der Waals surface area contributed by atoms with Gasteiger partial charge in [-0.25, -0.2) is 18.2 Å². The minimum Gasteiger partial charge on any atom is -0.461 e. The molecule has 5 heterocycles. The van der Waals surface area contributed by atoms with E-state index < -0.39 is 24.8 Å². The van der Waals surface area contributed by atoms with Crippen molar-refractivity contribution in [2.45, 2.75) is 37.1 Å². The number of nitrogens with zero attached hydrogens (tertiary/aromatic N) is 5. The van der Waals surface area contributed by atoms with Gasteiger partial charge in [-0.2, -0.15) is 9.97 Å². The van der Waals surface area contributed by atoms with E-state index in [4.69, 9.17) is 22.1 Å². The van der Waals surface area contributed by atoms with Crippen molar-refractivity contribution in [3.05, 3.63) is 35.1 Å². The molecule has 8 nitrogen and oxygen atoms in total. The topological polar surface area (TPSA) is 92.4 Å². The zero-order chi connectivity index (χ0) is 28.4. The highest BCUT2D eigenvalue weighted by Gasteiger charge is 2.45. The van der Waals surface area contributed by atoms with Crippen molar-refractivity contribution in [3.8, 4) is 17.1 Å². The molecule has 0 atom stereocenters. The largest absolute Gasteiger partial charge is 0.461 e. The van der Waals surface area contributed by atoms with Gasteiger partial charge in [-0.05, 0) is 50.9 Å². The molecule has 41 heavy (non-hydrogen) atoms. The van der Waals surface area contributed by atoms with Crippen molar-refractivity contribution in [2.75, 3.05) is 56.5 Å². The van der Waals surface area contributed by atoms with Gasteiger partial charge in [0.25, 0.3) is 5.92 Å². The second kappa shape index (κ2) is 10.1. The Labute approximate surface area is 243 Å². The number of nitrogens with one attached hydrogen (secondary N) is 1. The fourth-order valence-electron chi connectivity index (χ4n) is 6.62. The van der Waals surface area contributed by atoms with Crippen LogP contribution in [0.15, 0.2) is 24.3 Å². The Bertz CT molecular complexity index is 1640. The molecule has 216 valence electrons. The molecule has 0 unspecified atom stereocenters. The number of anilines is 2. The molecule has 7 rings (SSSR count). The SMILES string of the molecule is Nc1nc2c(-c3c(Cl)cc4c(N5CCNCC(F)(F)C5)nc(OCC56CCCN5CCC6)nc4c3F)cccc2s1. The van der Waals surface area contributed by atoms with Gasteiger partial charge in [-0.1, -0.05) is 35.1 Å². The molecule has 2 aromatic heterocycles. The van der Waals surface area contributed by atoms with Gasteiger partial charge in [0.05, 0.1) is 33.9 Å². The summed E-state index contributed by atoms with van der Waals surface area (Å²) in [5.74, 6) is -3.53. The average molecular weight is 604 g/mol. The highest BCUT2D eigenvalue weighted by atomic mass is 35.5. The van der Waals surface area contributed by atoms with Crippen molar-refractivity contribution in [2.24, 2.45) is 0 Å². The number of hydrogen-bond acceptors (Lipinski definition) is 9. The molecule has 3 N–H and O–H groups in total. The molecule has 0 bridgehead atoms. The van der Waals surface area contributed by atoms with Crippen molar-refractivity contribution >= 4 is 55.0 Å². The Morgan fingerprint density at radius 2 is 1.90 bits per heavy atom. The molecule has 3 aliphatic rings. The van der Waals surface area contributed by atoms with Crippen molar-refractivity contribution in [3.63, 3.8) is 0 Å². The summed E-state index contributed by atoms with van der Waals surface area (Å²) in [6.45, 7) is 1.93. The van der Waals surface area contributed by atoms with Gasteiger partial charge in [0.1, 0.15) is 17.9 Å². The predicted octanol–water partition coefficient (Wildman–Crippen LogP) is 5.33. The quantitative estimate of drug-likeness (QED) is 0.316. The molecule has 4 aromatic rings. The third-order valence-corrected chi connectivity index (χ3v) is 9.64. The Kier molecular flexibility index (Phi) is 6.64. The predicted molar refractivity (Wildman–Crippen MR) is 156 cm³/mol. The molecule has 0 amide bonds. The Hall–Kier alpha value is -2.93. The molecule has 3 saturated heterocycles. The lowest BCUT2D eigenvalue weighted by atomic mass is 9.95. The normalized spacial score (nSPS) is 20.5. The van der Waals surface area contributed by atoms with Crippen molar-refractivity contribution < 1.29 is 17.9 Å². The number of benzene rings is 2. The molecule has 0 aliphatic carbocycles. The summed E-state index contributed by atoms with van der Waals surface area (Å²) in [5.41, 5.74) is 6.93. The number of hydrogen-bond donors (Lipinski definition) is 2. The molecule has 2 aromatic carbocycles. The van der Waals surface area contributed by atoms with Crippen molar-refractivity contribution in [1.82, 2.24) is 25.2 Å². The van der Waals surface area contributed by atoms with E-state index in [1.54, 1.807) is 18.2 Å². The Morgan fingerprint density at radius 1 is 1.10 bits per heavy atom. The smallest absolute Gasteiger partial charge is 0.319 e. The number of aromatic nitrogens is 3. The Morgan fingerprint density at radius 3 is 2.71 bits per heavy atom. The maximum Gasteiger partial charge on any atom is 0.319 e. The van der Waals surface area contributed by atoms with Crippen LogP contribution >= 0.6 is 22.9 Å². The number of para-hydroxylation sites is 1. The third kappa shape index (κ3) is 4.74. The second-order valence-corrected chi connectivity index (χ2v) is 12.6. The minimum atomic E-state index is -3.01. The fourth-order valence-corrected chi connectivity index (χ4v) is 7.67. The summed E-state index contributed by atoms with van der Waals surface area (Å²) >= 11 is 8.02. The van der Waals surface area contributed by atoms with Crippen LogP contribution in [-0.2, 0) is 0 Å².